The van der Waals surface area contributed by atoms with Crippen LogP contribution < -0.4 is 0 Å². The molecule has 64 valence electrons. The van der Waals surface area contributed by atoms with Crippen molar-refractivity contribution in [3.8, 4) is 0 Å². The largest absolute Gasteiger partial charge is 0.372 e. The first kappa shape index (κ1) is 8.14. The van der Waals surface area contributed by atoms with Crippen molar-refractivity contribution in [3.63, 3.8) is 0 Å². The molecule has 1 saturated heterocycles. The zero-order chi connectivity index (χ0) is 8.23. The van der Waals surface area contributed by atoms with Crippen molar-refractivity contribution in [2.45, 2.75) is 11.9 Å². The number of thioether (sulfide) groups is 1. The van der Waals surface area contributed by atoms with E-state index in [9.17, 15) is 0 Å². The third kappa shape index (κ3) is 2.54. The normalized spacial score (nSPS) is 20.8. The molecule has 0 saturated carbocycles. The van der Waals surface area contributed by atoms with Crippen molar-refractivity contribution >= 4 is 11.8 Å². The van der Waals surface area contributed by atoms with Crippen LogP contribution >= 0.6 is 11.8 Å². The average molecular weight is 180 g/mol. The monoisotopic (exact) mass is 180 g/mol. The summed E-state index contributed by atoms with van der Waals surface area (Å²) in [6.07, 6.45) is 0.554. The molecular weight excluding hydrogens is 168 g/mol. The van der Waals surface area contributed by atoms with E-state index in [2.05, 4.69) is 30.3 Å². The average Bonchev–Trinajstić information content (AvgIpc) is 2.90. The van der Waals surface area contributed by atoms with Crippen LogP contribution in [0.25, 0.3) is 0 Å². The van der Waals surface area contributed by atoms with Gasteiger partial charge in [0.2, 0.25) is 0 Å². The third-order valence-electron chi connectivity index (χ3n) is 1.82. The summed E-state index contributed by atoms with van der Waals surface area (Å²) in [6.45, 7) is 0.974. The molecule has 0 amide bonds. The van der Waals surface area contributed by atoms with Crippen molar-refractivity contribution in [1.82, 2.24) is 0 Å². The Morgan fingerprint density at radius 3 is 2.75 bits per heavy atom. The Hall–Kier alpha value is -0.470. The number of ether oxygens (including phenoxy) is 1. The van der Waals surface area contributed by atoms with Gasteiger partial charge in [-0.3, -0.25) is 0 Å². The maximum atomic E-state index is 5.13. The topological polar surface area (TPSA) is 12.5 Å². The van der Waals surface area contributed by atoms with Crippen LogP contribution in [-0.4, -0.2) is 18.5 Å². The molecule has 0 bridgehead atoms. The van der Waals surface area contributed by atoms with Crippen molar-refractivity contribution in [3.05, 3.63) is 35.9 Å². The zero-order valence-electron chi connectivity index (χ0n) is 6.90. The zero-order valence-corrected chi connectivity index (χ0v) is 7.72. The molecule has 0 radical (unpaired) electrons. The summed E-state index contributed by atoms with van der Waals surface area (Å²) in [4.78, 5) is 0. The lowest BCUT2D eigenvalue weighted by Gasteiger charge is -1.98. The predicted molar refractivity (Wildman–Crippen MR) is 52.3 cm³/mol. The van der Waals surface area contributed by atoms with Crippen LogP contribution in [0.4, 0.5) is 0 Å². The molecule has 1 fully saturated rings. The third-order valence-corrected chi connectivity index (χ3v) is 2.96. The minimum Gasteiger partial charge on any atom is -0.372 e. The summed E-state index contributed by atoms with van der Waals surface area (Å²) in [5.74, 6) is 2.26. The predicted octanol–water partition coefficient (Wildman–Crippen LogP) is 2.32. The van der Waals surface area contributed by atoms with E-state index in [0.717, 1.165) is 18.1 Å². The first-order chi connectivity index (χ1) is 5.95. The smallest absolute Gasteiger partial charge is 0.0900 e. The van der Waals surface area contributed by atoms with Gasteiger partial charge in [0, 0.05) is 11.5 Å². The summed E-state index contributed by atoms with van der Waals surface area (Å²) in [6, 6.07) is 10.6. The van der Waals surface area contributed by atoms with Crippen molar-refractivity contribution in [2.24, 2.45) is 0 Å². The quantitative estimate of drug-likeness (QED) is 0.659. The number of hydrogen-bond acceptors (Lipinski definition) is 2. The van der Waals surface area contributed by atoms with Gasteiger partial charge >= 0.3 is 0 Å². The van der Waals surface area contributed by atoms with Gasteiger partial charge in [-0.25, -0.2) is 0 Å². The molecule has 2 heteroatoms. The van der Waals surface area contributed by atoms with Crippen LogP contribution in [0.1, 0.15) is 5.56 Å². The summed E-state index contributed by atoms with van der Waals surface area (Å²) < 4.78 is 5.13. The van der Waals surface area contributed by atoms with Gasteiger partial charge in [-0.15, -0.1) is 0 Å². The van der Waals surface area contributed by atoms with Gasteiger partial charge in [-0.1, -0.05) is 30.3 Å². The Bertz CT molecular complexity index is 231. The number of hydrogen-bond donors (Lipinski definition) is 0. The summed E-state index contributed by atoms with van der Waals surface area (Å²) in [5, 5.41) is 0. The fraction of sp³-hybridized carbons (Fsp3) is 0.400. The second-order valence-electron chi connectivity index (χ2n) is 2.96. The fourth-order valence-electron chi connectivity index (χ4n) is 1.05. The molecule has 12 heavy (non-hydrogen) atoms. The van der Waals surface area contributed by atoms with E-state index < -0.39 is 0 Å². The maximum absolute atomic E-state index is 5.13. The Kier molecular flexibility index (Phi) is 2.69. The highest BCUT2D eigenvalue weighted by atomic mass is 32.2. The fourth-order valence-corrected chi connectivity index (χ4v) is 2.05. The van der Waals surface area contributed by atoms with Crippen LogP contribution in [0.15, 0.2) is 30.3 Å². The van der Waals surface area contributed by atoms with Crippen molar-refractivity contribution in [1.29, 1.82) is 0 Å². The van der Waals surface area contributed by atoms with Gasteiger partial charge in [0.1, 0.15) is 0 Å². The molecule has 1 aliphatic heterocycles. The molecule has 1 aromatic rings. The molecular formula is C10H12OS. The Morgan fingerprint density at radius 1 is 1.33 bits per heavy atom. The van der Waals surface area contributed by atoms with E-state index in [4.69, 9.17) is 4.74 Å². The molecule has 1 nitrogen and oxygen atoms in total. The lowest BCUT2D eigenvalue weighted by atomic mass is 10.2. The van der Waals surface area contributed by atoms with E-state index in [1.165, 1.54) is 5.56 Å². The Balaban J connectivity index is 1.72. The number of epoxide rings is 1. The van der Waals surface area contributed by atoms with Gasteiger partial charge in [-0.05, 0) is 5.56 Å². The van der Waals surface area contributed by atoms with Crippen molar-refractivity contribution in [2.75, 3.05) is 12.4 Å². The van der Waals surface area contributed by atoms with E-state index in [1.54, 1.807) is 0 Å². The lowest BCUT2D eigenvalue weighted by molar-refractivity contribution is 0.426. The molecule has 0 aromatic heterocycles. The highest BCUT2D eigenvalue weighted by molar-refractivity contribution is 7.98. The van der Waals surface area contributed by atoms with Crippen LogP contribution in [0, 0.1) is 0 Å². The van der Waals surface area contributed by atoms with Gasteiger partial charge < -0.3 is 4.74 Å². The van der Waals surface area contributed by atoms with Gasteiger partial charge in [0.05, 0.1) is 12.7 Å². The van der Waals surface area contributed by atoms with E-state index >= 15 is 0 Å². The van der Waals surface area contributed by atoms with Crippen molar-refractivity contribution < 1.29 is 4.74 Å². The Labute approximate surface area is 77.1 Å². The van der Waals surface area contributed by atoms with Crippen LogP contribution in [0.5, 0.6) is 0 Å². The van der Waals surface area contributed by atoms with E-state index in [1.807, 2.05) is 11.8 Å². The number of rotatable bonds is 4. The number of benzene rings is 1. The van der Waals surface area contributed by atoms with Gasteiger partial charge in [0.15, 0.2) is 0 Å². The van der Waals surface area contributed by atoms with Crippen LogP contribution in [0.3, 0.4) is 0 Å². The summed E-state index contributed by atoms with van der Waals surface area (Å²) >= 11 is 1.95. The van der Waals surface area contributed by atoms with E-state index in [0.29, 0.717) is 6.10 Å². The molecule has 0 N–H and O–H groups in total. The van der Waals surface area contributed by atoms with Gasteiger partial charge in [-0.2, -0.15) is 11.8 Å². The highest BCUT2D eigenvalue weighted by Crippen LogP contribution is 2.19. The highest BCUT2D eigenvalue weighted by Gasteiger charge is 2.21. The molecule has 1 unspecified atom stereocenters. The summed E-state index contributed by atoms with van der Waals surface area (Å²) in [7, 11) is 0. The first-order valence-corrected chi connectivity index (χ1v) is 5.34. The molecule has 1 aliphatic rings. The maximum Gasteiger partial charge on any atom is 0.0900 e. The molecule has 1 atom stereocenters. The van der Waals surface area contributed by atoms with Crippen LogP contribution in [-0.2, 0) is 10.5 Å². The second kappa shape index (κ2) is 3.97. The SMILES string of the molecule is c1ccc(CSCC2CO2)cc1. The lowest BCUT2D eigenvalue weighted by Crippen LogP contribution is -1.89. The molecule has 1 heterocycles. The Morgan fingerprint density at radius 2 is 2.08 bits per heavy atom. The molecule has 0 aliphatic carbocycles. The molecule has 1 aromatic carbocycles. The summed E-state index contributed by atoms with van der Waals surface area (Å²) in [5.41, 5.74) is 1.41. The molecule has 0 spiro atoms. The van der Waals surface area contributed by atoms with E-state index in [-0.39, 0.29) is 0 Å². The standard InChI is InChI=1S/C10H12OS/c1-2-4-9(5-3-1)7-12-8-10-6-11-10/h1-5,10H,6-8H2. The minimum atomic E-state index is 0.554. The van der Waals surface area contributed by atoms with Gasteiger partial charge in [0.25, 0.3) is 0 Å². The first-order valence-electron chi connectivity index (χ1n) is 4.18. The minimum absolute atomic E-state index is 0.554. The second-order valence-corrected chi connectivity index (χ2v) is 3.99. The van der Waals surface area contributed by atoms with Crippen LogP contribution in [0.2, 0.25) is 0 Å². The molecule has 2 rings (SSSR count).